The van der Waals surface area contributed by atoms with Gasteiger partial charge in [-0.05, 0) is 0 Å². The van der Waals surface area contributed by atoms with E-state index >= 15 is 0 Å². The number of rotatable bonds is 0. The fraction of sp³-hybridized carbons (Fsp3) is 0. The second kappa shape index (κ2) is 14.1. The molecule has 13 heteroatoms. The molecular weight excluding hydrogens is 294 g/mol. The first-order chi connectivity index (χ1) is 4.00. The minimum atomic E-state index is -5.17. The summed E-state index contributed by atoms with van der Waals surface area (Å²) in [5.41, 5.74) is 0. The zero-order valence-electron chi connectivity index (χ0n) is 6.87. The molecule has 0 aromatic rings. The molecule has 0 bridgehead atoms. The van der Waals surface area contributed by atoms with Crippen LogP contribution in [0, 0.1) is 0 Å². The molecule has 0 spiro atoms. The topological polar surface area (TPSA) is 164 Å². The molecule has 13 heavy (non-hydrogen) atoms. The molecule has 8 nitrogen and oxygen atoms in total. The van der Waals surface area contributed by atoms with Gasteiger partial charge in [0, 0.05) is 10.4 Å². The third kappa shape index (κ3) is 195. The molecule has 0 amide bonds. The van der Waals surface area contributed by atoms with Crippen molar-refractivity contribution in [3.05, 3.63) is 0 Å². The Morgan fingerprint density at radius 2 is 1.08 bits per heavy atom. The maximum atomic E-state index is 8.66. The first-order valence-electron chi connectivity index (χ1n) is 1.41. The summed E-state index contributed by atoms with van der Waals surface area (Å²) < 4.78 is 42.7. The van der Waals surface area contributed by atoms with E-state index in [9.17, 15) is 0 Å². The maximum Gasteiger partial charge on any atom is 2.00 e. The molecule has 64 valence electrons. The Bertz CT molecular complexity index is 200. The van der Waals surface area contributed by atoms with Gasteiger partial charge in [0.15, 0.2) is 0 Å². The summed E-state index contributed by atoms with van der Waals surface area (Å²) in [5.74, 6) is 0. The zero-order chi connectivity index (χ0) is 9.00. The van der Waals surface area contributed by atoms with Crippen LogP contribution in [0.25, 0.3) is 0 Å². The van der Waals surface area contributed by atoms with Gasteiger partial charge in [-0.15, -0.1) is 0 Å². The smallest absolute Gasteiger partial charge is 0.790 e. The minimum absolute atomic E-state index is 0. The van der Waals surface area contributed by atoms with E-state index in [1.807, 2.05) is 0 Å². The van der Waals surface area contributed by atoms with Crippen LogP contribution in [-0.4, -0.2) is 45.5 Å². The van der Waals surface area contributed by atoms with Gasteiger partial charge < -0.3 is 28.4 Å². The van der Waals surface area contributed by atoms with E-state index in [-0.39, 0.29) is 126 Å². The summed E-state index contributed by atoms with van der Waals surface area (Å²) >= 11 is 0. The summed E-state index contributed by atoms with van der Waals surface area (Å²) in [5, 5.41) is 0. The predicted molar refractivity (Wildman–Crippen MR) is 26.1 cm³/mol. The average molecular weight is 295 g/mol. The van der Waals surface area contributed by atoms with Crippen LogP contribution in [0.5, 0.6) is 0 Å². The first kappa shape index (κ1) is 30.2. The molecule has 0 saturated heterocycles. The second-order valence-electron chi connectivity index (χ2n) is 0.877. The molecule has 0 unspecified atom stereocenters. The summed E-state index contributed by atoms with van der Waals surface area (Å²) in [6.45, 7) is 0. The quantitative estimate of drug-likeness (QED) is 0.199. The van der Waals surface area contributed by atoms with Crippen LogP contribution in [0.3, 0.4) is 0 Å². The fourth-order valence-corrected chi connectivity index (χ4v) is 0. The molecular formula is HK2MgO8PS. The molecule has 0 aromatic heterocycles. The van der Waals surface area contributed by atoms with Crippen LogP contribution in [-0.2, 0) is 15.0 Å². The zero-order valence-corrected chi connectivity index (χ0v) is 16.2. The van der Waals surface area contributed by atoms with Gasteiger partial charge in [0.2, 0.25) is 0 Å². The third-order valence-corrected chi connectivity index (χ3v) is 0. The van der Waals surface area contributed by atoms with E-state index < -0.39 is 18.2 Å². The van der Waals surface area contributed by atoms with Crippen LogP contribution >= 0.6 is 7.82 Å². The third-order valence-electron chi connectivity index (χ3n) is 0. The van der Waals surface area contributed by atoms with Crippen LogP contribution in [0.15, 0.2) is 0 Å². The van der Waals surface area contributed by atoms with Crippen molar-refractivity contribution >= 4 is 41.3 Å². The fourth-order valence-electron chi connectivity index (χ4n) is 0. The molecule has 0 aliphatic heterocycles. The summed E-state index contributed by atoms with van der Waals surface area (Å²) in [6.07, 6.45) is 0. The van der Waals surface area contributed by atoms with Crippen LogP contribution in [0.2, 0.25) is 0 Å². The molecule has 0 radical (unpaired) electrons. The Labute approximate surface area is 176 Å². The summed E-state index contributed by atoms with van der Waals surface area (Å²) in [7, 11) is -10.3. The number of hydrogen-bond acceptors (Lipinski definition) is 7. The van der Waals surface area contributed by atoms with Crippen LogP contribution in [0.4, 0.5) is 0 Å². The minimum Gasteiger partial charge on any atom is -0.790 e. The van der Waals surface area contributed by atoms with Gasteiger partial charge in [-0.1, -0.05) is 0 Å². The Balaban J connectivity index is -0.0000000267. The van der Waals surface area contributed by atoms with Crippen LogP contribution in [0.1, 0.15) is 0 Å². The number of phosphoric acid groups is 1. The van der Waals surface area contributed by atoms with Crippen molar-refractivity contribution < 1.29 is 140 Å². The van der Waals surface area contributed by atoms with Gasteiger partial charge in [0.25, 0.3) is 0 Å². The first-order valence-corrected chi connectivity index (χ1v) is 4.24. The van der Waals surface area contributed by atoms with Crippen molar-refractivity contribution in [2.24, 2.45) is 0 Å². The van der Waals surface area contributed by atoms with E-state index in [2.05, 4.69) is 0 Å². The predicted octanol–water partition coefficient (Wildman–Crippen LogP) is -9.90. The van der Waals surface area contributed by atoms with Crippen molar-refractivity contribution in [3.8, 4) is 0 Å². The van der Waals surface area contributed by atoms with E-state index in [1.165, 1.54) is 0 Å². The largest absolute Gasteiger partial charge is 2.00 e. The normalized spacial score (nSPS) is 9.00. The maximum absolute atomic E-state index is 8.66. The summed E-state index contributed by atoms with van der Waals surface area (Å²) in [6, 6.07) is 0. The standard InChI is InChI=1S/2K.Mg.H3O4P.H2O4S/c;;;2*1-5(2,3)4/h;;;(H3,1,2,3,4);(H2,1,2,3,4)/q2*+1;+2;;/p-4. The molecule has 0 saturated carbocycles. The second-order valence-corrected chi connectivity index (χ2v) is 2.63. The van der Waals surface area contributed by atoms with Crippen molar-refractivity contribution in [3.63, 3.8) is 0 Å². The van der Waals surface area contributed by atoms with Gasteiger partial charge in [-0.2, -0.15) is 0 Å². The Morgan fingerprint density at radius 3 is 1.08 bits per heavy atom. The van der Waals surface area contributed by atoms with Crippen LogP contribution < -0.4 is 113 Å². The Kier molecular flexibility index (Phi) is 32.7. The van der Waals surface area contributed by atoms with Gasteiger partial charge in [0.1, 0.15) is 0 Å². The van der Waals surface area contributed by atoms with E-state index in [4.69, 9.17) is 36.8 Å². The summed E-state index contributed by atoms with van der Waals surface area (Å²) in [4.78, 5) is 24.3. The van der Waals surface area contributed by atoms with Gasteiger partial charge >= 0.3 is 126 Å². The van der Waals surface area contributed by atoms with Crippen molar-refractivity contribution in [2.75, 3.05) is 0 Å². The van der Waals surface area contributed by atoms with E-state index in [1.54, 1.807) is 0 Å². The molecule has 1 N–H and O–H groups in total. The molecule has 0 aliphatic rings. The van der Waals surface area contributed by atoms with Crippen molar-refractivity contribution in [2.45, 2.75) is 0 Å². The van der Waals surface area contributed by atoms with E-state index in [0.717, 1.165) is 0 Å². The average Bonchev–Trinajstić information content (AvgIpc) is 1.12. The van der Waals surface area contributed by atoms with Gasteiger partial charge in [-0.3, -0.25) is 8.42 Å². The molecule has 0 atom stereocenters. The molecule has 0 aliphatic carbocycles. The van der Waals surface area contributed by atoms with Gasteiger partial charge in [0.05, 0.1) is 7.82 Å². The molecule has 0 heterocycles. The molecule has 0 aromatic carbocycles. The van der Waals surface area contributed by atoms with Crippen molar-refractivity contribution in [1.82, 2.24) is 0 Å². The van der Waals surface area contributed by atoms with E-state index in [0.29, 0.717) is 0 Å². The monoisotopic (exact) mass is 294 g/mol. The Hall–Kier alpha value is 4.02. The molecule has 0 rings (SSSR count). The van der Waals surface area contributed by atoms with Crippen molar-refractivity contribution in [1.29, 1.82) is 0 Å². The number of hydrogen-bond donors (Lipinski definition) is 1. The Morgan fingerprint density at radius 1 is 1.08 bits per heavy atom. The molecule has 0 fully saturated rings. The SMILES string of the molecule is O=P([O-])([O-])O.O=S(=O)([O-])[O-].[K+].[K+].[Mg+2]. The van der Waals surface area contributed by atoms with Gasteiger partial charge in [-0.25, -0.2) is 0 Å².